The van der Waals surface area contributed by atoms with Gasteiger partial charge in [-0.2, -0.15) is 31.3 Å². The first kappa shape index (κ1) is 20.2. The van der Waals surface area contributed by atoms with Crippen LogP contribution in [0.3, 0.4) is 0 Å². The molecule has 27 heavy (non-hydrogen) atoms. The van der Waals surface area contributed by atoms with Crippen LogP contribution in [-0.4, -0.2) is 34.7 Å². The van der Waals surface area contributed by atoms with Crippen LogP contribution in [0.5, 0.6) is 5.88 Å². The molecule has 0 aliphatic rings. The van der Waals surface area contributed by atoms with E-state index in [0.29, 0.717) is 6.20 Å². The molecule has 1 heterocycles. The highest BCUT2D eigenvalue weighted by atomic mass is 19.4. The Bertz CT molecular complexity index is 823. The van der Waals surface area contributed by atoms with Gasteiger partial charge in [0.15, 0.2) is 6.61 Å². The highest BCUT2D eigenvalue weighted by Crippen LogP contribution is 2.36. The van der Waals surface area contributed by atoms with Gasteiger partial charge in [-0.05, 0) is 12.1 Å². The molecule has 0 N–H and O–H groups in total. The second-order valence-electron chi connectivity index (χ2n) is 5.12. The second kappa shape index (κ2) is 7.25. The van der Waals surface area contributed by atoms with Crippen molar-refractivity contribution in [3.63, 3.8) is 0 Å². The molecule has 0 fully saturated rings. The number of nitro benzene ring substituents is 1. The van der Waals surface area contributed by atoms with Crippen LogP contribution in [-0.2, 0) is 6.18 Å². The van der Waals surface area contributed by atoms with Crippen LogP contribution in [0.15, 0.2) is 30.5 Å². The van der Waals surface area contributed by atoms with Crippen molar-refractivity contribution in [2.24, 2.45) is 0 Å². The van der Waals surface area contributed by atoms with E-state index in [1.807, 2.05) is 0 Å². The van der Waals surface area contributed by atoms with Gasteiger partial charge in [0.05, 0.1) is 4.92 Å². The molecule has 0 aliphatic carbocycles. The number of benzene rings is 1. The normalized spacial score (nSPS) is 12.0. The smallest absolute Gasteiger partial charge is 0.423 e. The van der Waals surface area contributed by atoms with Crippen molar-refractivity contribution in [2.45, 2.75) is 12.4 Å². The number of non-ortho nitro benzene ring substituents is 1. The Morgan fingerprint density at radius 3 is 2.22 bits per heavy atom. The summed E-state index contributed by atoms with van der Waals surface area (Å²) in [6.45, 7) is -1.96. The van der Waals surface area contributed by atoms with Gasteiger partial charge in [-0.3, -0.25) is 10.1 Å². The van der Waals surface area contributed by atoms with E-state index < -0.39 is 41.3 Å². The predicted octanol–water partition coefficient (Wildman–Crippen LogP) is 4.11. The van der Waals surface area contributed by atoms with Gasteiger partial charge in [-0.15, -0.1) is 0 Å². The summed E-state index contributed by atoms with van der Waals surface area (Å²) in [6, 6.07) is 4.82. The van der Waals surface area contributed by atoms with Gasteiger partial charge in [-0.1, -0.05) is 0 Å². The van der Waals surface area contributed by atoms with Gasteiger partial charge in [-0.25, -0.2) is 4.98 Å². The van der Waals surface area contributed by atoms with Crippen molar-refractivity contribution in [3.05, 3.63) is 46.1 Å². The molecule has 1 aromatic heterocycles. The minimum atomic E-state index is -5.02. The molecule has 0 aliphatic heterocycles. The molecule has 0 bridgehead atoms. The van der Waals surface area contributed by atoms with E-state index >= 15 is 0 Å². The Morgan fingerprint density at radius 2 is 1.74 bits per heavy atom. The molecule has 0 radical (unpaired) electrons. The number of rotatable bonds is 5. The lowest BCUT2D eigenvalue weighted by Gasteiger charge is -2.20. The Hall–Kier alpha value is -3.12. The van der Waals surface area contributed by atoms with E-state index in [0.717, 1.165) is 17.0 Å². The van der Waals surface area contributed by atoms with E-state index in [4.69, 9.17) is 0 Å². The molecule has 13 heteroatoms. The number of alkyl halides is 6. The van der Waals surface area contributed by atoms with Crippen LogP contribution < -0.4 is 9.64 Å². The lowest BCUT2D eigenvalue weighted by atomic mass is 10.2. The number of nitro groups is 1. The monoisotopic (exact) mass is 396 g/mol. The molecular formula is C14H10F6N4O3. The van der Waals surface area contributed by atoms with Gasteiger partial charge in [0.2, 0.25) is 11.8 Å². The zero-order chi connectivity index (χ0) is 20.4. The van der Waals surface area contributed by atoms with Gasteiger partial charge in [0.25, 0.3) is 5.69 Å². The van der Waals surface area contributed by atoms with Crippen LogP contribution in [0.2, 0.25) is 0 Å². The zero-order valence-electron chi connectivity index (χ0n) is 13.4. The molecule has 0 unspecified atom stereocenters. The zero-order valence-corrected chi connectivity index (χ0v) is 13.4. The number of ether oxygens (including phenoxy) is 1. The average Bonchev–Trinajstić information content (AvgIpc) is 2.57. The lowest BCUT2D eigenvalue weighted by molar-refractivity contribution is -0.384. The summed E-state index contributed by atoms with van der Waals surface area (Å²) in [7, 11) is 1.32. The maximum atomic E-state index is 12.9. The van der Waals surface area contributed by atoms with Crippen molar-refractivity contribution in [3.8, 4) is 5.88 Å². The summed E-state index contributed by atoms with van der Waals surface area (Å²) in [5.74, 6) is -1.67. The first-order valence-corrected chi connectivity index (χ1v) is 7.00. The van der Waals surface area contributed by atoms with Crippen LogP contribution in [0.1, 0.15) is 5.56 Å². The highest BCUT2D eigenvalue weighted by molar-refractivity contribution is 5.58. The number of aromatic nitrogens is 2. The topological polar surface area (TPSA) is 81.4 Å². The molecule has 146 valence electrons. The first-order chi connectivity index (χ1) is 12.4. The number of hydrogen-bond acceptors (Lipinski definition) is 6. The van der Waals surface area contributed by atoms with Crippen molar-refractivity contribution >= 4 is 17.3 Å². The summed E-state index contributed by atoms with van der Waals surface area (Å²) >= 11 is 0. The highest BCUT2D eigenvalue weighted by Gasteiger charge is 2.38. The molecular weight excluding hydrogens is 386 g/mol. The number of halogens is 6. The molecule has 2 aromatic rings. The Kier molecular flexibility index (Phi) is 5.42. The molecule has 0 atom stereocenters. The van der Waals surface area contributed by atoms with Crippen LogP contribution in [0, 0.1) is 10.1 Å². The molecule has 0 saturated heterocycles. The second-order valence-corrected chi connectivity index (χ2v) is 5.12. The third-order valence-corrected chi connectivity index (χ3v) is 3.17. The quantitative estimate of drug-likeness (QED) is 0.430. The fraction of sp³-hybridized carbons (Fsp3) is 0.286. The van der Waals surface area contributed by atoms with E-state index in [1.165, 1.54) is 19.2 Å². The van der Waals surface area contributed by atoms with Crippen LogP contribution in [0.25, 0.3) is 0 Å². The summed E-state index contributed by atoms with van der Waals surface area (Å²) in [6.07, 6.45) is -9.58. The Balaban J connectivity index is 2.37. The summed E-state index contributed by atoms with van der Waals surface area (Å²) in [5.41, 5.74) is -1.54. The molecule has 0 spiro atoms. The van der Waals surface area contributed by atoms with Gasteiger partial charge in [0, 0.05) is 31.1 Å². The SMILES string of the molecule is CN(c1ccc([N+](=O)[O-])cc1)c1ncc(C(F)(F)F)c(OCC(F)(F)F)n1. The van der Waals surface area contributed by atoms with E-state index in [-0.39, 0.29) is 11.4 Å². The number of hydrogen-bond donors (Lipinski definition) is 0. The van der Waals surface area contributed by atoms with Gasteiger partial charge < -0.3 is 9.64 Å². The van der Waals surface area contributed by atoms with Crippen molar-refractivity contribution in [2.75, 3.05) is 18.6 Å². The summed E-state index contributed by atoms with van der Waals surface area (Å²) in [5, 5.41) is 10.6. The standard InChI is InChI=1S/C14H10F6N4O3/c1-23(8-2-4-9(5-3-8)24(25)26)12-21-6-10(14(18,19)20)11(22-12)27-7-13(15,16)17/h2-6H,7H2,1H3. The van der Waals surface area contributed by atoms with Crippen molar-refractivity contribution < 1.29 is 36.0 Å². The number of anilines is 2. The third kappa shape index (κ3) is 5.18. The predicted molar refractivity (Wildman–Crippen MR) is 79.7 cm³/mol. The molecule has 1 aromatic carbocycles. The van der Waals surface area contributed by atoms with Crippen LogP contribution in [0.4, 0.5) is 43.7 Å². The van der Waals surface area contributed by atoms with E-state index in [2.05, 4.69) is 14.7 Å². The average molecular weight is 396 g/mol. The maximum Gasteiger partial charge on any atom is 0.423 e. The van der Waals surface area contributed by atoms with Crippen molar-refractivity contribution in [1.29, 1.82) is 0 Å². The lowest BCUT2D eigenvalue weighted by Crippen LogP contribution is -2.23. The third-order valence-electron chi connectivity index (χ3n) is 3.17. The minimum absolute atomic E-state index is 0.227. The molecule has 0 amide bonds. The van der Waals surface area contributed by atoms with Gasteiger partial charge >= 0.3 is 12.4 Å². The van der Waals surface area contributed by atoms with Crippen molar-refractivity contribution in [1.82, 2.24) is 9.97 Å². The molecule has 0 saturated carbocycles. The maximum absolute atomic E-state index is 12.9. The molecule has 7 nitrogen and oxygen atoms in total. The van der Waals surface area contributed by atoms with E-state index in [9.17, 15) is 36.5 Å². The first-order valence-electron chi connectivity index (χ1n) is 7.00. The summed E-state index contributed by atoms with van der Waals surface area (Å²) in [4.78, 5) is 18.0. The largest absolute Gasteiger partial charge is 0.467 e. The fourth-order valence-corrected chi connectivity index (χ4v) is 1.89. The Morgan fingerprint density at radius 1 is 1.15 bits per heavy atom. The minimum Gasteiger partial charge on any atom is -0.467 e. The summed E-state index contributed by atoms with van der Waals surface area (Å²) < 4.78 is 79.8. The number of nitrogens with zero attached hydrogens (tertiary/aromatic N) is 4. The molecule has 2 rings (SSSR count). The van der Waals surface area contributed by atoms with Crippen LogP contribution >= 0.6 is 0 Å². The van der Waals surface area contributed by atoms with Gasteiger partial charge in [0.1, 0.15) is 5.56 Å². The Labute approximate surface area is 147 Å². The van der Waals surface area contributed by atoms with E-state index in [1.54, 1.807) is 0 Å². The fourth-order valence-electron chi connectivity index (χ4n) is 1.89.